The molecule has 0 spiro atoms. The molecule has 1 unspecified atom stereocenters. The van der Waals surface area contributed by atoms with Crippen LogP contribution in [0, 0.1) is 6.92 Å². The van der Waals surface area contributed by atoms with Gasteiger partial charge in [0.05, 0.1) is 0 Å². The summed E-state index contributed by atoms with van der Waals surface area (Å²) in [7, 11) is 0. The third kappa shape index (κ3) is 4.75. The van der Waals surface area contributed by atoms with Crippen LogP contribution in [0.1, 0.15) is 28.5 Å². The van der Waals surface area contributed by atoms with Crippen molar-refractivity contribution in [3.8, 4) is 0 Å². The van der Waals surface area contributed by atoms with Crippen molar-refractivity contribution in [3.63, 3.8) is 0 Å². The van der Waals surface area contributed by atoms with Gasteiger partial charge in [-0.2, -0.15) is 0 Å². The molecule has 30 heavy (non-hydrogen) atoms. The summed E-state index contributed by atoms with van der Waals surface area (Å²) < 4.78 is 0. The first kappa shape index (κ1) is 20.3. The highest BCUT2D eigenvalue weighted by Crippen LogP contribution is 2.34. The molecule has 3 aromatic rings. The first-order chi connectivity index (χ1) is 14.5. The monoisotopic (exact) mass is 438 g/mol. The molecule has 4 rings (SSSR count). The average molecular weight is 439 g/mol. The number of rotatable bonds is 5. The highest BCUT2D eigenvalue weighted by Gasteiger charge is 2.34. The molecule has 2 aromatic carbocycles. The fraction of sp³-hybridized carbons (Fsp3) is 0.182. The van der Waals surface area contributed by atoms with E-state index in [1.165, 1.54) is 17.4 Å². The van der Waals surface area contributed by atoms with E-state index in [0.717, 1.165) is 21.8 Å². The van der Waals surface area contributed by atoms with E-state index in [2.05, 4.69) is 15.5 Å². The van der Waals surface area contributed by atoms with Crippen LogP contribution in [-0.2, 0) is 9.59 Å². The van der Waals surface area contributed by atoms with Crippen molar-refractivity contribution in [2.45, 2.75) is 19.3 Å². The summed E-state index contributed by atoms with van der Waals surface area (Å²) in [6, 6.07) is 15.1. The van der Waals surface area contributed by atoms with Crippen LogP contribution in [0.15, 0.2) is 54.6 Å². The molecule has 1 fully saturated rings. The number of nitrogens with zero attached hydrogens (tertiary/aromatic N) is 3. The molecule has 152 valence electrons. The lowest BCUT2D eigenvalue weighted by molar-refractivity contribution is -0.117. The molecular weight excluding hydrogens is 420 g/mol. The van der Waals surface area contributed by atoms with Crippen LogP contribution < -0.4 is 10.2 Å². The first-order valence-electron chi connectivity index (χ1n) is 9.43. The number of nitrogens with one attached hydrogen (secondary N) is 1. The van der Waals surface area contributed by atoms with E-state index in [4.69, 9.17) is 11.6 Å². The largest absolute Gasteiger partial charge is 0.312 e. The molecule has 0 aliphatic carbocycles. The summed E-state index contributed by atoms with van der Waals surface area (Å²) in [6.07, 6.45) is 3.51. The van der Waals surface area contributed by atoms with Crippen molar-refractivity contribution in [2.24, 2.45) is 0 Å². The van der Waals surface area contributed by atoms with Gasteiger partial charge < -0.3 is 4.90 Å². The van der Waals surface area contributed by atoms with Gasteiger partial charge >= 0.3 is 0 Å². The van der Waals surface area contributed by atoms with E-state index >= 15 is 0 Å². The van der Waals surface area contributed by atoms with Crippen LogP contribution in [0.5, 0.6) is 0 Å². The minimum absolute atomic E-state index is 0.0363. The third-order valence-electron chi connectivity index (χ3n) is 4.76. The van der Waals surface area contributed by atoms with Gasteiger partial charge in [0.25, 0.3) is 0 Å². The lowest BCUT2D eigenvalue weighted by Gasteiger charge is -2.16. The number of aromatic nitrogens is 2. The van der Waals surface area contributed by atoms with Crippen molar-refractivity contribution in [1.29, 1.82) is 0 Å². The van der Waals surface area contributed by atoms with E-state index in [1.54, 1.807) is 23.1 Å². The second-order valence-electron chi connectivity index (χ2n) is 7.06. The fourth-order valence-corrected chi connectivity index (χ4v) is 4.22. The number of anilines is 2. The average Bonchev–Trinajstić information content (AvgIpc) is 3.34. The van der Waals surface area contributed by atoms with Gasteiger partial charge in [0.2, 0.25) is 16.9 Å². The van der Waals surface area contributed by atoms with Gasteiger partial charge in [0.1, 0.15) is 5.01 Å². The van der Waals surface area contributed by atoms with Crippen LogP contribution in [0.3, 0.4) is 0 Å². The van der Waals surface area contributed by atoms with Crippen molar-refractivity contribution in [3.05, 3.63) is 75.8 Å². The minimum Gasteiger partial charge on any atom is -0.312 e. The zero-order valence-electron chi connectivity index (χ0n) is 16.2. The van der Waals surface area contributed by atoms with Crippen LogP contribution in [0.2, 0.25) is 5.02 Å². The minimum atomic E-state index is -0.295. The standard InChI is InChI=1S/C22H19ClN4O2S/c1-14-3-2-4-18(11-14)27-13-16(12-20(27)29)21-25-26-22(30-21)24-19(28)10-7-15-5-8-17(23)9-6-15/h2-11,16H,12-13H2,1H3,(H,24,26,28)/b10-7+. The quantitative estimate of drug-likeness (QED) is 0.587. The number of carbonyl (C=O) groups excluding carboxylic acids is 2. The zero-order chi connectivity index (χ0) is 21.1. The highest BCUT2D eigenvalue weighted by molar-refractivity contribution is 7.15. The van der Waals surface area contributed by atoms with Crippen LogP contribution in [0.4, 0.5) is 10.8 Å². The molecule has 2 heterocycles. The zero-order valence-corrected chi connectivity index (χ0v) is 17.8. The molecular formula is C22H19ClN4O2S. The molecule has 6 nitrogen and oxygen atoms in total. The van der Waals surface area contributed by atoms with Gasteiger partial charge in [-0.1, -0.05) is 47.2 Å². The highest BCUT2D eigenvalue weighted by atomic mass is 35.5. The smallest absolute Gasteiger partial charge is 0.250 e. The molecule has 1 aliphatic heterocycles. The SMILES string of the molecule is Cc1cccc(N2CC(c3nnc(NC(=O)/C=C/c4ccc(Cl)cc4)s3)CC2=O)c1. The molecule has 1 aliphatic rings. The van der Waals surface area contributed by atoms with E-state index in [9.17, 15) is 9.59 Å². The number of aryl methyl sites for hydroxylation is 1. The fourth-order valence-electron chi connectivity index (χ4n) is 3.26. The summed E-state index contributed by atoms with van der Waals surface area (Å²) in [5.41, 5.74) is 2.87. The molecule has 1 N–H and O–H groups in total. The molecule has 1 aromatic heterocycles. The van der Waals surface area contributed by atoms with E-state index in [-0.39, 0.29) is 17.7 Å². The Labute approximate surface area is 183 Å². The van der Waals surface area contributed by atoms with Crippen LogP contribution in [0.25, 0.3) is 6.08 Å². The molecule has 0 saturated carbocycles. The summed E-state index contributed by atoms with van der Waals surface area (Å²) in [5, 5.41) is 12.8. The third-order valence-corrected chi connectivity index (χ3v) is 6.01. The van der Waals surface area contributed by atoms with Gasteiger partial charge in [-0.15, -0.1) is 10.2 Å². The molecule has 0 radical (unpaired) electrons. The predicted molar refractivity (Wildman–Crippen MR) is 120 cm³/mol. The Morgan fingerprint density at radius 3 is 2.80 bits per heavy atom. The summed E-state index contributed by atoms with van der Waals surface area (Å²) in [4.78, 5) is 26.4. The molecule has 1 atom stereocenters. The molecule has 2 amide bonds. The number of amides is 2. The van der Waals surface area contributed by atoms with Gasteiger partial charge in [0.15, 0.2) is 0 Å². The van der Waals surface area contributed by atoms with Gasteiger partial charge in [-0.05, 0) is 48.4 Å². The Morgan fingerprint density at radius 2 is 2.03 bits per heavy atom. The molecule has 8 heteroatoms. The van der Waals surface area contributed by atoms with Crippen LogP contribution >= 0.6 is 22.9 Å². The Kier molecular flexibility index (Phi) is 5.92. The molecule has 1 saturated heterocycles. The van der Waals surface area contributed by atoms with Crippen molar-refractivity contribution >= 4 is 51.6 Å². The number of benzene rings is 2. The second kappa shape index (κ2) is 8.77. The topological polar surface area (TPSA) is 75.2 Å². The maximum Gasteiger partial charge on any atom is 0.250 e. The van der Waals surface area contributed by atoms with Gasteiger partial charge in [0, 0.05) is 35.7 Å². The second-order valence-corrected chi connectivity index (χ2v) is 8.51. The summed E-state index contributed by atoms with van der Waals surface area (Å²) in [5.74, 6) is -0.264. The normalized spacial score (nSPS) is 16.4. The van der Waals surface area contributed by atoms with Gasteiger partial charge in [-0.25, -0.2) is 0 Å². The predicted octanol–water partition coefficient (Wildman–Crippen LogP) is 4.67. The van der Waals surface area contributed by atoms with E-state index in [0.29, 0.717) is 23.1 Å². The van der Waals surface area contributed by atoms with E-state index < -0.39 is 0 Å². The van der Waals surface area contributed by atoms with Crippen molar-refractivity contribution in [1.82, 2.24) is 10.2 Å². The Bertz CT molecular complexity index is 1110. The van der Waals surface area contributed by atoms with Crippen LogP contribution in [-0.4, -0.2) is 28.6 Å². The summed E-state index contributed by atoms with van der Waals surface area (Å²) in [6.45, 7) is 2.56. The molecule has 0 bridgehead atoms. The lowest BCUT2D eigenvalue weighted by Crippen LogP contribution is -2.24. The maximum atomic E-state index is 12.5. The van der Waals surface area contributed by atoms with Crippen molar-refractivity contribution in [2.75, 3.05) is 16.8 Å². The van der Waals surface area contributed by atoms with E-state index in [1.807, 2.05) is 43.3 Å². The lowest BCUT2D eigenvalue weighted by atomic mass is 10.1. The number of hydrogen-bond acceptors (Lipinski definition) is 5. The Morgan fingerprint density at radius 1 is 1.23 bits per heavy atom. The van der Waals surface area contributed by atoms with Crippen molar-refractivity contribution < 1.29 is 9.59 Å². The number of carbonyl (C=O) groups is 2. The number of halogens is 1. The number of hydrogen-bond donors (Lipinski definition) is 1. The Balaban J connectivity index is 1.38. The summed E-state index contributed by atoms with van der Waals surface area (Å²) >= 11 is 7.16. The van der Waals surface area contributed by atoms with Gasteiger partial charge in [-0.3, -0.25) is 14.9 Å². The maximum absolute atomic E-state index is 12.5. The first-order valence-corrected chi connectivity index (χ1v) is 10.6. The Hall–Kier alpha value is -3.03.